The Balaban J connectivity index is 1.30. The van der Waals surface area contributed by atoms with Crippen molar-refractivity contribution in [2.24, 2.45) is 0 Å². The van der Waals surface area contributed by atoms with Crippen molar-refractivity contribution in [1.29, 1.82) is 0 Å². The molecule has 214 valence electrons. The first-order valence-corrected chi connectivity index (χ1v) is 14.8. The molecule has 3 heterocycles. The summed E-state index contributed by atoms with van der Waals surface area (Å²) in [7, 11) is 0. The smallest absolute Gasteiger partial charge is 0.161 e. The number of nitrogens with zero attached hydrogens (tertiary/aromatic N) is 3. The van der Waals surface area contributed by atoms with Crippen molar-refractivity contribution in [2.75, 3.05) is 4.90 Å². The number of aromatic hydroxyl groups is 1. The Morgan fingerprint density at radius 2 is 1.29 bits per heavy atom. The zero-order chi connectivity index (χ0) is 30.2. The average molecular weight is 582 g/mol. The third kappa shape index (κ3) is 4.86. The number of phenols is 1. The summed E-state index contributed by atoms with van der Waals surface area (Å²) in [6.45, 7) is 0. The van der Waals surface area contributed by atoms with Gasteiger partial charge in [-0.1, -0.05) is 91.0 Å². The lowest BCUT2D eigenvalue weighted by molar-refractivity contribution is 0.477. The molecule has 5 heteroatoms. The second-order valence-corrected chi connectivity index (χ2v) is 10.8. The van der Waals surface area contributed by atoms with Gasteiger partial charge in [0.05, 0.1) is 5.69 Å². The van der Waals surface area contributed by atoms with E-state index in [2.05, 4.69) is 71.6 Å². The van der Waals surface area contributed by atoms with Crippen molar-refractivity contribution in [3.8, 4) is 39.4 Å². The maximum Gasteiger partial charge on any atom is 0.161 e. The van der Waals surface area contributed by atoms with E-state index < -0.39 is 0 Å². The molecule has 0 bridgehead atoms. The Labute approximate surface area is 260 Å². The number of pyridine rings is 2. The predicted molar refractivity (Wildman–Crippen MR) is 182 cm³/mol. The van der Waals surface area contributed by atoms with E-state index in [0.717, 1.165) is 44.7 Å². The van der Waals surface area contributed by atoms with Crippen LogP contribution in [0.3, 0.4) is 0 Å². The molecule has 8 aromatic rings. The molecule has 0 saturated carbocycles. The molecule has 0 aliphatic rings. The molecule has 45 heavy (non-hydrogen) atoms. The lowest BCUT2D eigenvalue weighted by Crippen LogP contribution is -2.11. The molecule has 0 radical (unpaired) electrons. The van der Waals surface area contributed by atoms with Gasteiger partial charge in [0.2, 0.25) is 0 Å². The van der Waals surface area contributed by atoms with Gasteiger partial charge in [-0.25, -0.2) is 9.97 Å². The largest absolute Gasteiger partial charge is 0.507 e. The first-order chi connectivity index (χ1) is 22.2. The van der Waals surface area contributed by atoms with Crippen molar-refractivity contribution >= 4 is 39.1 Å². The first-order valence-electron chi connectivity index (χ1n) is 14.8. The molecule has 0 aliphatic carbocycles. The van der Waals surface area contributed by atoms with Gasteiger partial charge >= 0.3 is 0 Å². The van der Waals surface area contributed by atoms with Crippen LogP contribution in [0.2, 0.25) is 0 Å². The summed E-state index contributed by atoms with van der Waals surface area (Å²) in [6, 6.07) is 50.3. The van der Waals surface area contributed by atoms with E-state index in [4.69, 9.17) is 14.4 Å². The standard InChI is InChI=1S/C40H27N3O2/c44-36-17-6-4-16-33(36)35-26-34-32-15-5-7-18-37(32)45-40(34)39(42-35)29-13-10-14-31(25-29)43(38-19-8-9-24-41-38)30-22-20-28(21-23-30)27-11-2-1-3-12-27/h1-26,44H. The molecule has 0 fully saturated rings. The SMILES string of the molecule is Oc1ccccc1-c1cc2c(oc3ccccc32)c(-c2cccc(N(c3ccc(-c4ccccc4)cc3)c3ccccn3)c2)n1. The summed E-state index contributed by atoms with van der Waals surface area (Å²) < 4.78 is 6.43. The first kappa shape index (κ1) is 26.4. The van der Waals surface area contributed by atoms with Gasteiger partial charge in [-0.3, -0.25) is 4.90 Å². The molecule has 3 aromatic heterocycles. The number of hydrogen-bond acceptors (Lipinski definition) is 5. The molecule has 8 rings (SSSR count). The van der Waals surface area contributed by atoms with E-state index in [1.165, 1.54) is 5.56 Å². The number of benzene rings is 5. The average Bonchev–Trinajstić information content (AvgIpc) is 3.48. The zero-order valence-corrected chi connectivity index (χ0v) is 24.2. The van der Waals surface area contributed by atoms with E-state index in [-0.39, 0.29) is 5.75 Å². The van der Waals surface area contributed by atoms with Crippen LogP contribution in [0.25, 0.3) is 55.6 Å². The van der Waals surface area contributed by atoms with Crippen LogP contribution in [0.4, 0.5) is 17.2 Å². The van der Waals surface area contributed by atoms with E-state index in [0.29, 0.717) is 22.5 Å². The lowest BCUT2D eigenvalue weighted by atomic mass is 10.0. The predicted octanol–water partition coefficient (Wildman–Crippen LogP) is 10.6. The van der Waals surface area contributed by atoms with Gasteiger partial charge in [0.1, 0.15) is 22.8 Å². The van der Waals surface area contributed by atoms with Crippen LogP contribution in [0.15, 0.2) is 162 Å². The van der Waals surface area contributed by atoms with Crippen molar-refractivity contribution in [3.63, 3.8) is 0 Å². The molecule has 0 amide bonds. The monoisotopic (exact) mass is 581 g/mol. The van der Waals surface area contributed by atoms with Crippen LogP contribution < -0.4 is 4.90 Å². The molecular weight excluding hydrogens is 554 g/mol. The highest BCUT2D eigenvalue weighted by molar-refractivity contribution is 6.10. The maximum absolute atomic E-state index is 10.7. The molecule has 0 spiro atoms. The molecular formula is C40H27N3O2. The van der Waals surface area contributed by atoms with Crippen molar-refractivity contribution < 1.29 is 9.52 Å². The summed E-state index contributed by atoms with van der Waals surface area (Å²) >= 11 is 0. The number of hydrogen-bond donors (Lipinski definition) is 1. The zero-order valence-electron chi connectivity index (χ0n) is 24.2. The van der Waals surface area contributed by atoms with Crippen LogP contribution in [0.1, 0.15) is 0 Å². The Morgan fingerprint density at radius 3 is 2.11 bits per heavy atom. The molecule has 0 saturated heterocycles. The normalized spacial score (nSPS) is 11.2. The van der Waals surface area contributed by atoms with E-state index in [9.17, 15) is 5.11 Å². The molecule has 5 nitrogen and oxygen atoms in total. The maximum atomic E-state index is 10.7. The second-order valence-electron chi connectivity index (χ2n) is 10.8. The number of anilines is 3. The minimum atomic E-state index is 0.178. The van der Waals surface area contributed by atoms with Crippen LogP contribution in [0, 0.1) is 0 Å². The van der Waals surface area contributed by atoms with Crippen molar-refractivity contribution in [2.45, 2.75) is 0 Å². The highest BCUT2D eigenvalue weighted by Gasteiger charge is 2.20. The van der Waals surface area contributed by atoms with Crippen LogP contribution in [0.5, 0.6) is 5.75 Å². The summed E-state index contributed by atoms with van der Waals surface area (Å²) in [5.41, 5.74) is 8.63. The van der Waals surface area contributed by atoms with Crippen LogP contribution in [-0.2, 0) is 0 Å². The third-order valence-electron chi connectivity index (χ3n) is 8.03. The van der Waals surface area contributed by atoms with Gasteiger partial charge in [0.15, 0.2) is 5.58 Å². The molecule has 5 aromatic carbocycles. The highest BCUT2D eigenvalue weighted by atomic mass is 16.3. The number of para-hydroxylation sites is 2. The van der Waals surface area contributed by atoms with E-state index >= 15 is 0 Å². The fourth-order valence-electron chi connectivity index (χ4n) is 5.87. The van der Waals surface area contributed by atoms with Crippen LogP contribution >= 0.6 is 0 Å². The Kier molecular flexibility index (Phi) is 6.54. The third-order valence-corrected chi connectivity index (χ3v) is 8.03. The number of phenolic OH excluding ortho intramolecular Hbond substituents is 1. The van der Waals surface area contributed by atoms with Gasteiger partial charge < -0.3 is 9.52 Å². The van der Waals surface area contributed by atoms with Gasteiger partial charge in [-0.15, -0.1) is 0 Å². The Hall–Kier alpha value is -6.20. The number of fused-ring (bicyclic) bond motifs is 3. The van der Waals surface area contributed by atoms with Gasteiger partial charge in [-0.05, 0) is 71.8 Å². The van der Waals surface area contributed by atoms with Crippen molar-refractivity contribution in [1.82, 2.24) is 9.97 Å². The number of furan rings is 1. The van der Waals surface area contributed by atoms with Gasteiger partial charge in [-0.2, -0.15) is 0 Å². The Morgan fingerprint density at radius 1 is 0.556 bits per heavy atom. The minimum Gasteiger partial charge on any atom is -0.507 e. The quantitative estimate of drug-likeness (QED) is 0.212. The highest BCUT2D eigenvalue weighted by Crippen LogP contribution is 2.41. The topological polar surface area (TPSA) is 62.4 Å². The molecule has 1 N–H and O–H groups in total. The summed E-state index contributed by atoms with van der Waals surface area (Å²) in [5, 5.41) is 12.7. The number of rotatable bonds is 6. The summed E-state index contributed by atoms with van der Waals surface area (Å²) in [4.78, 5) is 12.0. The van der Waals surface area contributed by atoms with Gasteiger partial charge in [0.25, 0.3) is 0 Å². The van der Waals surface area contributed by atoms with Gasteiger partial charge in [0, 0.05) is 39.5 Å². The summed E-state index contributed by atoms with van der Waals surface area (Å²) in [6.07, 6.45) is 1.81. The molecule has 0 aliphatic heterocycles. The number of aromatic nitrogens is 2. The molecule has 0 atom stereocenters. The fraction of sp³-hybridized carbons (Fsp3) is 0. The van der Waals surface area contributed by atoms with E-state index in [1.54, 1.807) is 12.3 Å². The summed E-state index contributed by atoms with van der Waals surface area (Å²) in [5.74, 6) is 0.976. The molecule has 0 unspecified atom stereocenters. The second kappa shape index (κ2) is 11.1. The minimum absolute atomic E-state index is 0.178. The van der Waals surface area contributed by atoms with Crippen LogP contribution in [-0.4, -0.2) is 15.1 Å². The Bertz CT molecular complexity index is 2280. The van der Waals surface area contributed by atoms with Crippen molar-refractivity contribution in [3.05, 3.63) is 158 Å². The fourth-order valence-corrected chi connectivity index (χ4v) is 5.87. The lowest BCUT2D eigenvalue weighted by Gasteiger charge is -2.25. The van der Waals surface area contributed by atoms with E-state index in [1.807, 2.05) is 78.9 Å².